The number of carbonyl (C=O) groups excluding carboxylic acids is 1. The van der Waals surface area contributed by atoms with E-state index in [1.807, 2.05) is 0 Å². The summed E-state index contributed by atoms with van der Waals surface area (Å²) in [5.41, 5.74) is 5.95. The predicted molar refractivity (Wildman–Crippen MR) is 82.0 cm³/mol. The summed E-state index contributed by atoms with van der Waals surface area (Å²) in [5.74, 6) is 1.16. The van der Waals surface area contributed by atoms with Gasteiger partial charge in [0.2, 0.25) is 5.91 Å². The molecule has 6 heteroatoms. The van der Waals surface area contributed by atoms with E-state index in [2.05, 4.69) is 22.3 Å². The van der Waals surface area contributed by atoms with Crippen molar-refractivity contribution >= 4 is 11.7 Å². The molecule has 3 N–H and O–H groups in total. The molecule has 1 fully saturated rings. The molecule has 1 aliphatic rings. The van der Waals surface area contributed by atoms with Gasteiger partial charge in [0.1, 0.15) is 5.76 Å². The van der Waals surface area contributed by atoms with E-state index in [9.17, 15) is 4.79 Å². The fraction of sp³-hybridized carbons (Fsp3) is 0.733. The predicted octanol–water partition coefficient (Wildman–Crippen LogP) is 1.90. The first-order valence-electron chi connectivity index (χ1n) is 7.81. The van der Waals surface area contributed by atoms with Crippen LogP contribution in [0.2, 0.25) is 0 Å². The van der Waals surface area contributed by atoms with Crippen LogP contribution in [0.1, 0.15) is 44.8 Å². The van der Waals surface area contributed by atoms with Crippen LogP contribution in [0.5, 0.6) is 0 Å². The van der Waals surface area contributed by atoms with Gasteiger partial charge in [-0.25, -0.2) is 0 Å². The Bertz CT molecular complexity index is 452. The van der Waals surface area contributed by atoms with Gasteiger partial charge in [-0.05, 0) is 39.2 Å². The summed E-state index contributed by atoms with van der Waals surface area (Å²) in [7, 11) is 0. The molecule has 1 amide bonds. The summed E-state index contributed by atoms with van der Waals surface area (Å²) in [6.45, 7) is 5.69. The van der Waals surface area contributed by atoms with Crippen LogP contribution in [0.15, 0.2) is 10.6 Å². The first-order valence-corrected chi connectivity index (χ1v) is 7.81. The minimum absolute atomic E-state index is 0.0192. The quantitative estimate of drug-likeness (QED) is 0.837. The highest BCUT2D eigenvalue weighted by molar-refractivity contribution is 5.89. The maximum atomic E-state index is 11.9. The zero-order chi connectivity index (χ0) is 15.2. The van der Waals surface area contributed by atoms with Gasteiger partial charge in [0.15, 0.2) is 5.82 Å². The van der Waals surface area contributed by atoms with Crippen LogP contribution < -0.4 is 11.1 Å². The number of aryl methyl sites for hydroxylation is 1. The third kappa shape index (κ3) is 4.82. The highest BCUT2D eigenvalue weighted by Gasteiger charge is 2.23. The van der Waals surface area contributed by atoms with Gasteiger partial charge in [0.25, 0.3) is 0 Å². The number of hydrogen-bond donors (Lipinski definition) is 2. The average molecular weight is 294 g/mol. The van der Waals surface area contributed by atoms with Gasteiger partial charge >= 0.3 is 0 Å². The van der Waals surface area contributed by atoms with Crippen molar-refractivity contribution in [1.82, 2.24) is 10.1 Å². The van der Waals surface area contributed by atoms with Gasteiger partial charge in [0, 0.05) is 31.1 Å². The molecule has 1 heterocycles. The maximum absolute atomic E-state index is 11.9. The van der Waals surface area contributed by atoms with Crippen LogP contribution in [-0.2, 0) is 4.79 Å². The smallest absolute Gasteiger partial charge is 0.226 e. The van der Waals surface area contributed by atoms with E-state index in [0.29, 0.717) is 30.1 Å². The zero-order valence-corrected chi connectivity index (χ0v) is 13.0. The Morgan fingerprint density at radius 3 is 2.76 bits per heavy atom. The van der Waals surface area contributed by atoms with Crippen molar-refractivity contribution in [3.05, 3.63) is 11.8 Å². The Kier molecular flexibility index (Phi) is 5.76. The molecular formula is C15H26N4O2. The van der Waals surface area contributed by atoms with E-state index < -0.39 is 0 Å². The van der Waals surface area contributed by atoms with Gasteiger partial charge in [-0.1, -0.05) is 12.1 Å². The molecule has 1 aromatic heterocycles. The monoisotopic (exact) mass is 294 g/mol. The molecule has 1 aliphatic carbocycles. The Labute approximate surface area is 126 Å². The molecule has 0 atom stereocenters. The minimum Gasteiger partial charge on any atom is -0.360 e. The second-order valence-corrected chi connectivity index (χ2v) is 5.82. The van der Waals surface area contributed by atoms with E-state index in [1.165, 1.54) is 0 Å². The number of carbonyl (C=O) groups is 1. The van der Waals surface area contributed by atoms with Crippen molar-refractivity contribution in [2.24, 2.45) is 5.73 Å². The molecule has 21 heavy (non-hydrogen) atoms. The number of anilines is 1. The van der Waals surface area contributed by atoms with E-state index in [-0.39, 0.29) is 5.91 Å². The van der Waals surface area contributed by atoms with Gasteiger partial charge in [-0.2, -0.15) is 0 Å². The minimum atomic E-state index is -0.0192. The second-order valence-electron chi connectivity index (χ2n) is 5.82. The molecule has 0 bridgehead atoms. The van der Waals surface area contributed by atoms with Crippen molar-refractivity contribution < 1.29 is 9.32 Å². The molecule has 1 saturated carbocycles. The lowest BCUT2D eigenvalue weighted by Crippen LogP contribution is -2.42. The number of rotatable bonds is 6. The molecule has 6 nitrogen and oxygen atoms in total. The van der Waals surface area contributed by atoms with Crippen molar-refractivity contribution in [2.45, 2.75) is 58.0 Å². The average Bonchev–Trinajstić information content (AvgIpc) is 2.86. The Morgan fingerprint density at radius 1 is 1.48 bits per heavy atom. The van der Waals surface area contributed by atoms with Crippen LogP contribution in [0.4, 0.5) is 5.82 Å². The molecule has 0 radical (unpaired) electrons. The van der Waals surface area contributed by atoms with E-state index in [4.69, 9.17) is 10.3 Å². The molecule has 0 saturated heterocycles. The first kappa shape index (κ1) is 16.0. The van der Waals surface area contributed by atoms with Gasteiger partial charge < -0.3 is 20.5 Å². The molecule has 118 valence electrons. The Balaban J connectivity index is 1.75. The maximum Gasteiger partial charge on any atom is 0.226 e. The lowest BCUT2D eigenvalue weighted by atomic mass is 9.90. The van der Waals surface area contributed by atoms with Gasteiger partial charge in [0.05, 0.1) is 0 Å². The van der Waals surface area contributed by atoms with Crippen molar-refractivity contribution in [1.29, 1.82) is 0 Å². The lowest BCUT2D eigenvalue weighted by Gasteiger charge is -2.35. The largest absolute Gasteiger partial charge is 0.360 e. The van der Waals surface area contributed by atoms with Crippen LogP contribution in [-0.4, -0.2) is 41.1 Å². The molecule has 0 aliphatic heterocycles. The summed E-state index contributed by atoms with van der Waals surface area (Å²) in [6, 6.07) is 2.65. The second kappa shape index (κ2) is 7.56. The molecule has 0 spiro atoms. The third-order valence-electron chi connectivity index (χ3n) is 4.19. The fourth-order valence-corrected chi connectivity index (χ4v) is 2.94. The molecule has 0 unspecified atom stereocenters. The summed E-state index contributed by atoms with van der Waals surface area (Å²) in [4.78, 5) is 14.3. The van der Waals surface area contributed by atoms with Crippen LogP contribution in [0, 0.1) is 6.92 Å². The van der Waals surface area contributed by atoms with E-state index >= 15 is 0 Å². The fourth-order valence-electron chi connectivity index (χ4n) is 2.94. The third-order valence-corrected chi connectivity index (χ3v) is 4.19. The van der Waals surface area contributed by atoms with Crippen molar-refractivity contribution in [3.63, 3.8) is 0 Å². The molecule has 0 aromatic carbocycles. The standard InChI is InChI=1S/C15H26N4O2/c1-3-19(13-6-4-12(16)5-7-13)9-8-15(20)17-14-10-11(2)21-18-14/h10,12-13H,3-9,16H2,1-2H3,(H,17,18,20). The van der Waals surface area contributed by atoms with Crippen LogP contribution in [0.25, 0.3) is 0 Å². The topological polar surface area (TPSA) is 84.4 Å². The number of amides is 1. The Morgan fingerprint density at radius 2 is 2.19 bits per heavy atom. The van der Waals surface area contributed by atoms with Crippen molar-refractivity contribution in [3.8, 4) is 0 Å². The number of hydrogen-bond acceptors (Lipinski definition) is 5. The SMILES string of the molecule is CCN(CCC(=O)Nc1cc(C)on1)C1CCC(N)CC1. The van der Waals surface area contributed by atoms with Crippen molar-refractivity contribution in [2.75, 3.05) is 18.4 Å². The first-order chi connectivity index (χ1) is 10.1. The van der Waals surface area contributed by atoms with Crippen LogP contribution >= 0.6 is 0 Å². The molecular weight excluding hydrogens is 268 g/mol. The molecule has 2 rings (SSSR count). The lowest BCUT2D eigenvalue weighted by molar-refractivity contribution is -0.116. The zero-order valence-electron chi connectivity index (χ0n) is 13.0. The normalized spacial score (nSPS) is 22.5. The highest BCUT2D eigenvalue weighted by atomic mass is 16.5. The number of nitrogens with zero attached hydrogens (tertiary/aromatic N) is 2. The number of aromatic nitrogens is 1. The van der Waals surface area contributed by atoms with E-state index in [1.54, 1.807) is 13.0 Å². The summed E-state index contributed by atoms with van der Waals surface area (Å²) in [6.07, 6.45) is 4.93. The van der Waals surface area contributed by atoms with E-state index in [0.717, 1.165) is 38.8 Å². The molecule has 1 aromatic rings. The number of nitrogens with two attached hydrogens (primary N) is 1. The number of nitrogens with one attached hydrogen (secondary N) is 1. The highest BCUT2D eigenvalue weighted by Crippen LogP contribution is 2.22. The Hall–Kier alpha value is -1.40. The summed E-state index contributed by atoms with van der Waals surface area (Å²) in [5, 5.41) is 6.53. The van der Waals surface area contributed by atoms with Gasteiger partial charge in [-0.15, -0.1) is 0 Å². The summed E-state index contributed by atoms with van der Waals surface area (Å²) < 4.78 is 4.93. The summed E-state index contributed by atoms with van der Waals surface area (Å²) >= 11 is 0. The van der Waals surface area contributed by atoms with Crippen LogP contribution in [0.3, 0.4) is 0 Å². The van der Waals surface area contributed by atoms with Gasteiger partial charge in [-0.3, -0.25) is 4.79 Å².